The number of ether oxygens (including phenoxy) is 1. The van der Waals surface area contributed by atoms with Gasteiger partial charge in [0.25, 0.3) is 0 Å². The quantitative estimate of drug-likeness (QED) is 0.875. The lowest BCUT2D eigenvalue weighted by atomic mass is 9.92. The van der Waals surface area contributed by atoms with E-state index < -0.39 is 11.9 Å². The first-order valence-electron chi connectivity index (χ1n) is 8.39. The van der Waals surface area contributed by atoms with Crippen molar-refractivity contribution in [3.8, 4) is 5.75 Å². The molecular formula is C20H21NO4. The number of benzene rings is 2. The Morgan fingerprint density at radius 2 is 1.92 bits per heavy atom. The van der Waals surface area contributed by atoms with Crippen molar-refractivity contribution in [3.05, 3.63) is 59.7 Å². The molecule has 1 amide bonds. The fourth-order valence-corrected chi connectivity index (χ4v) is 3.01. The molecule has 5 heteroatoms. The van der Waals surface area contributed by atoms with E-state index in [1.54, 1.807) is 6.92 Å². The first-order chi connectivity index (χ1) is 12.0. The van der Waals surface area contributed by atoms with E-state index >= 15 is 0 Å². The molecule has 2 atom stereocenters. The van der Waals surface area contributed by atoms with Crippen LogP contribution < -0.4 is 10.1 Å². The summed E-state index contributed by atoms with van der Waals surface area (Å²) in [6.07, 6.45) is 1.12. The zero-order valence-electron chi connectivity index (χ0n) is 14.1. The number of amides is 1. The van der Waals surface area contributed by atoms with Crippen LogP contribution in [0.15, 0.2) is 48.5 Å². The first-order valence-corrected chi connectivity index (χ1v) is 8.39. The number of fused-ring (bicyclic) bond motifs is 1. The minimum Gasteiger partial charge on any atom is -0.493 e. The molecule has 0 bridgehead atoms. The molecule has 25 heavy (non-hydrogen) atoms. The second-order valence-corrected chi connectivity index (χ2v) is 6.36. The van der Waals surface area contributed by atoms with Gasteiger partial charge < -0.3 is 15.2 Å². The number of aliphatic carboxylic acids is 1. The van der Waals surface area contributed by atoms with Gasteiger partial charge in [-0.25, -0.2) is 0 Å². The number of rotatable bonds is 5. The molecule has 2 N–H and O–H groups in total. The number of carbonyl (C=O) groups excluding carboxylic acids is 1. The number of carboxylic acid groups (broad SMARTS) is 1. The third-order valence-electron chi connectivity index (χ3n) is 4.46. The SMILES string of the molecule is CC(Cc1ccc(NC(=O)C2CCOc3ccccc32)cc1)C(=O)O. The monoisotopic (exact) mass is 339 g/mol. The highest BCUT2D eigenvalue weighted by atomic mass is 16.5. The van der Waals surface area contributed by atoms with Gasteiger partial charge >= 0.3 is 5.97 Å². The van der Waals surface area contributed by atoms with Crippen molar-refractivity contribution in [1.29, 1.82) is 0 Å². The van der Waals surface area contributed by atoms with Gasteiger partial charge in [0.1, 0.15) is 5.75 Å². The number of carbonyl (C=O) groups is 2. The molecule has 1 aliphatic rings. The molecule has 2 aromatic rings. The lowest BCUT2D eigenvalue weighted by Crippen LogP contribution is -2.26. The highest BCUT2D eigenvalue weighted by Gasteiger charge is 2.27. The van der Waals surface area contributed by atoms with Crippen LogP contribution >= 0.6 is 0 Å². The lowest BCUT2D eigenvalue weighted by molar-refractivity contribution is -0.141. The average molecular weight is 339 g/mol. The van der Waals surface area contributed by atoms with Gasteiger partial charge in [0.15, 0.2) is 0 Å². The summed E-state index contributed by atoms with van der Waals surface area (Å²) in [5, 5.41) is 11.9. The maximum absolute atomic E-state index is 12.6. The van der Waals surface area contributed by atoms with Crippen LogP contribution in [-0.4, -0.2) is 23.6 Å². The molecule has 5 nitrogen and oxygen atoms in total. The van der Waals surface area contributed by atoms with Crippen LogP contribution in [0.5, 0.6) is 5.75 Å². The summed E-state index contributed by atoms with van der Waals surface area (Å²) < 4.78 is 5.60. The summed E-state index contributed by atoms with van der Waals surface area (Å²) in [5.41, 5.74) is 2.56. The second kappa shape index (κ2) is 7.38. The van der Waals surface area contributed by atoms with Crippen molar-refractivity contribution in [2.24, 2.45) is 5.92 Å². The molecule has 0 aromatic heterocycles. The molecule has 0 spiro atoms. The molecule has 0 saturated carbocycles. The minimum absolute atomic E-state index is 0.0533. The lowest BCUT2D eigenvalue weighted by Gasteiger charge is -2.25. The third-order valence-corrected chi connectivity index (χ3v) is 4.46. The van der Waals surface area contributed by atoms with Gasteiger partial charge in [-0.05, 0) is 36.6 Å². The van der Waals surface area contributed by atoms with Crippen LogP contribution in [0.4, 0.5) is 5.69 Å². The molecule has 3 rings (SSSR count). The van der Waals surface area contributed by atoms with Crippen LogP contribution in [0.25, 0.3) is 0 Å². The van der Waals surface area contributed by atoms with E-state index in [1.807, 2.05) is 48.5 Å². The van der Waals surface area contributed by atoms with Gasteiger partial charge in [-0.2, -0.15) is 0 Å². The largest absolute Gasteiger partial charge is 0.493 e. The average Bonchev–Trinajstić information content (AvgIpc) is 2.62. The summed E-state index contributed by atoms with van der Waals surface area (Å²) in [6, 6.07) is 14.9. The maximum Gasteiger partial charge on any atom is 0.306 e. The smallest absolute Gasteiger partial charge is 0.306 e. The van der Waals surface area contributed by atoms with Gasteiger partial charge in [0.2, 0.25) is 5.91 Å². The Balaban J connectivity index is 1.67. The van der Waals surface area contributed by atoms with E-state index in [9.17, 15) is 9.59 Å². The molecular weight excluding hydrogens is 318 g/mol. The topological polar surface area (TPSA) is 75.6 Å². The van der Waals surface area contributed by atoms with E-state index in [1.165, 1.54) is 0 Å². The Hall–Kier alpha value is -2.82. The van der Waals surface area contributed by atoms with E-state index in [-0.39, 0.29) is 11.8 Å². The maximum atomic E-state index is 12.6. The predicted molar refractivity (Wildman–Crippen MR) is 94.9 cm³/mol. The van der Waals surface area contributed by atoms with E-state index in [2.05, 4.69) is 5.32 Å². The Bertz CT molecular complexity index is 770. The van der Waals surface area contributed by atoms with E-state index in [0.717, 1.165) is 16.9 Å². The Kier molecular flexibility index (Phi) is 5.03. The summed E-state index contributed by atoms with van der Waals surface area (Å²) in [4.78, 5) is 23.6. The van der Waals surface area contributed by atoms with E-state index in [4.69, 9.17) is 9.84 Å². The summed E-state index contributed by atoms with van der Waals surface area (Å²) in [6.45, 7) is 2.21. The highest BCUT2D eigenvalue weighted by Crippen LogP contribution is 2.34. The van der Waals surface area contributed by atoms with Gasteiger partial charge in [0.05, 0.1) is 18.4 Å². The molecule has 1 aliphatic heterocycles. The number of hydrogen-bond acceptors (Lipinski definition) is 3. The molecule has 0 saturated heterocycles. The van der Waals surface area contributed by atoms with Crippen molar-refractivity contribution in [2.75, 3.05) is 11.9 Å². The first kappa shape index (κ1) is 17.0. The second-order valence-electron chi connectivity index (χ2n) is 6.36. The fourth-order valence-electron chi connectivity index (χ4n) is 3.01. The fraction of sp³-hybridized carbons (Fsp3) is 0.300. The van der Waals surface area contributed by atoms with Gasteiger partial charge in [-0.3, -0.25) is 9.59 Å². The van der Waals surface area contributed by atoms with Crippen LogP contribution in [0.1, 0.15) is 30.4 Å². The molecule has 1 heterocycles. The Labute approximate surface area is 146 Å². The zero-order valence-corrected chi connectivity index (χ0v) is 14.1. The molecule has 0 radical (unpaired) electrons. The van der Waals surface area contributed by atoms with Crippen LogP contribution in [0.2, 0.25) is 0 Å². The zero-order chi connectivity index (χ0) is 17.8. The number of nitrogens with one attached hydrogen (secondary N) is 1. The van der Waals surface area contributed by atoms with Crippen LogP contribution in [0.3, 0.4) is 0 Å². The number of hydrogen-bond donors (Lipinski definition) is 2. The number of para-hydroxylation sites is 1. The van der Waals surface area contributed by atoms with Crippen molar-refractivity contribution < 1.29 is 19.4 Å². The van der Waals surface area contributed by atoms with Gasteiger partial charge in [0, 0.05) is 11.3 Å². The normalized spacial score (nSPS) is 17.1. The highest BCUT2D eigenvalue weighted by molar-refractivity contribution is 5.96. The Morgan fingerprint density at radius 3 is 2.64 bits per heavy atom. The van der Waals surface area contributed by atoms with Crippen molar-refractivity contribution in [1.82, 2.24) is 0 Å². The van der Waals surface area contributed by atoms with E-state index in [0.29, 0.717) is 25.1 Å². The number of carboxylic acids is 1. The minimum atomic E-state index is -0.810. The molecule has 2 unspecified atom stereocenters. The Morgan fingerprint density at radius 1 is 1.20 bits per heavy atom. The van der Waals surface area contributed by atoms with Crippen molar-refractivity contribution in [2.45, 2.75) is 25.7 Å². The number of anilines is 1. The van der Waals surface area contributed by atoms with Crippen LogP contribution in [-0.2, 0) is 16.0 Å². The van der Waals surface area contributed by atoms with Crippen molar-refractivity contribution >= 4 is 17.6 Å². The molecule has 2 aromatic carbocycles. The molecule has 0 fully saturated rings. The van der Waals surface area contributed by atoms with Crippen molar-refractivity contribution in [3.63, 3.8) is 0 Å². The van der Waals surface area contributed by atoms with Gasteiger partial charge in [-0.1, -0.05) is 37.3 Å². The summed E-state index contributed by atoms with van der Waals surface area (Å²) >= 11 is 0. The summed E-state index contributed by atoms with van der Waals surface area (Å²) in [5.74, 6) is -0.749. The predicted octanol–water partition coefficient (Wildman–Crippen LogP) is 3.45. The standard InChI is InChI=1S/C20H21NO4/c1-13(20(23)24)12-14-6-8-15(9-7-14)21-19(22)17-10-11-25-18-5-3-2-4-16(17)18/h2-9,13,17H,10-12H2,1H3,(H,21,22)(H,23,24). The van der Waals surface area contributed by atoms with Gasteiger partial charge in [-0.15, -0.1) is 0 Å². The van der Waals surface area contributed by atoms with Crippen LogP contribution in [0, 0.1) is 5.92 Å². The molecule has 130 valence electrons. The molecule has 0 aliphatic carbocycles. The third kappa shape index (κ3) is 3.99. The summed E-state index contributed by atoms with van der Waals surface area (Å²) in [7, 11) is 0.